The standard InChI is InChI=1S/C31H26Cl3NO9/c1-40-30(39)26-25(44-29(38)20-15-9-4-10-16-20)24(43-28(37)19-13-7-3-8-14-19)23(21(41-26)17-22(35)31(32,33)34)42-27(36)18-11-5-2-6-12-18/h2-16,21,23-26,35H,17H2,1H3/t21-,23?,24?,25+,26?/m1/s1. The maximum atomic E-state index is 13.4. The van der Waals surface area contributed by atoms with Gasteiger partial charge < -0.3 is 29.1 Å². The van der Waals surface area contributed by atoms with Crippen LogP contribution in [-0.2, 0) is 28.5 Å². The minimum Gasteiger partial charge on any atom is -0.467 e. The molecule has 3 aromatic carbocycles. The number of ether oxygens (including phenoxy) is 5. The summed E-state index contributed by atoms with van der Waals surface area (Å²) in [7, 11) is 1.08. The number of benzene rings is 3. The van der Waals surface area contributed by atoms with E-state index >= 15 is 0 Å². The molecule has 1 saturated heterocycles. The van der Waals surface area contributed by atoms with Crippen LogP contribution in [0.2, 0.25) is 0 Å². The van der Waals surface area contributed by atoms with E-state index < -0.39 is 70.3 Å². The third kappa shape index (κ3) is 8.15. The third-order valence-electron chi connectivity index (χ3n) is 6.57. The van der Waals surface area contributed by atoms with E-state index in [0.29, 0.717) is 0 Å². The smallest absolute Gasteiger partial charge is 0.339 e. The Morgan fingerprint density at radius 2 is 1.07 bits per heavy atom. The summed E-state index contributed by atoms with van der Waals surface area (Å²) in [4.78, 5) is 53.0. The Morgan fingerprint density at radius 1 is 0.682 bits per heavy atom. The summed E-state index contributed by atoms with van der Waals surface area (Å²) >= 11 is 17.8. The van der Waals surface area contributed by atoms with Gasteiger partial charge in [0.05, 0.1) is 29.5 Å². The molecule has 230 valence electrons. The van der Waals surface area contributed by atoms with Crippen molar-refractivity contribution >= 4 is 64.4 Å². The second-order valence-corrected chi connectivity index (χ2v) is 11.8. The molecule has 0 amide bonds. The number of carbonyl (C=O) groups excluding carboxylic acids is 4. The second-order valence-electron chi connectivity index (χ2n) is 9.51. The molecule has 13 heteroatoms. The van der Waals surface area contributed by atoms with Gasteiger partial charge in [-0.25, -0.2) is 19.2 Å². The van der Waals surface area contributed by atoms with Crippen LogP contribution in [0.4, 0.5) is 0 Å². The van der Waals surface area contributed by atoms with Crippen molar-refractivity contribution in [1.82, 2.24) is 0 Å². The number of methoxy groups -OCH3 is 1. The number of hydrogen-bond acceptors (Lipinski definition) is 10. The minimum atomic E-state index is -2.19. The molecule has 1 aliphatic heterocycles. The Hall–Kier alpha value is -3.96. The first-order valence-electron chi connectivity index (χ1n) is 13.2. The lowest BCUT2D eigenvalue weighted by molar-refractivity contribution is -0.227. The predicted molar refractivity (Wildman–Crippen MR) is 160 cm³/mol. The predicted octanol–water partition coefficient (Wildman–Crippen LogP) is 5.38. The quantitative estimate of drug-likeness (QED) is 0.138. The van der Waals surface area contributed by atoms with E-state index in [4.69, 9.17) is 63.9 Å². The van der Waals surface area contributed by atoms with Gasteiger partial charge in [0.15, 0.2) is 24.4 Å². The fourth-order valence-electron chi connectivity index (χ4n) is 4.40. The molecule has 1 aliphatic rings. The zero-order valence-electron chi connectivity index (χ0n) is 23.1. The number of carbonyl (C=O) groups is 4. The van der Waals surface area contributed by atoms with E-state index in [-0.39, 0.29) is 16.7 Å². The number of halogens is 3. The number of esters is 4. The van der Waals surface area contributed by atoms with Crippen LogP contribution in [-0.4, -0.2) is 71.0 Å². The molecule has 3 aromatic rings. The number of nitrogens with one attached hydrogen (secondary N) is 1. The number of hydrogen-bond donors (Lipinski definition) is 1. The summed E-state index contributed by atoms with van der Waals surface area (Å²) < 4.78 is 26.1. The lowest BCUT2D eigenvalue weighted by Gasteiger charge is -2.44. The van der Waals surface area contributed by atoms with Gasteiger partial charge in [0, 0.05) is 6.42 Å². The second kappa shape index (κ2) is 14.7. The summed E-state index contributed by atoms with van der Waals surface area (Å²) in [5.74, 6) is -3.66. The highest BCUT2D eigenvalue weighted by Gasteiger charge is 2.56. The maximum Gasteiger partial charge on any atom is 0.339 e. The van der Waals surface area contributed by atoms with Crippen molar-refractivity contribution in [2.45, 2.75) is 40.7 Å². The van der Waals surface area contributed by atoms with Gasteiger partial charge in [-0.15, -0.1) is 0 Å². The topological polar surface area (TPSA) is 138 Å². The summed E-state index contributed by atoms with van der Waals surface area (Å²) in [5, 5.41) is 8.32. The fraction of sp³-hybridized carbons (Fsp3) is 0.258. The Kier molecular flexibility index (Phi) is 11.0. The van der Waals surface area contributed by atoms with Crippen molar-refractivity contribution in [1.29, 1.82) is 5.41 Å². The SMILES string of the molecule is COC(=O)C1O[C@H](CC(=N)C(Cl)(Cl)Cl)C(OC(=O)c2ccccc2)C(OC(=O)c2ccccc2)[C@@H]1OC(=O)c1ccccc1. The molecule has 44 heavy (non-hydrogen) atoms. The van der Waals surface area contributed by atoms with Crippen LogP contribution in [0, 0.1) is 5.41 Å². The van der Waals surface area contributed by atoms with Gasteiger partial charge in [-0.1, -0.05) is 89.4 Å². The zero-order chi connectivity index (χ0) is 31.9. The first-order valence-corrected chi connectivity index (χ1v) is 14.3. The van der Waals surface area contributed by atoms with E-state index in [9.17, 15) is 19.2 Å². The number of rotatable bonds is 9. The lowest BCUT2D eigenvalue weighted by atomic mass is 9.91. The largest absolute Gasteiger partial charge is 0.467 e. The van der Waals surface area contributed by atoms with Gasteiger partial charge in [-0.3, -0.25) is 0 Å². The van der Waals surface area contributed by atoms with Crippen molar-refractivity contribution in [2.24, 2.45) is 0 Å². The van der Waals surface area contributed by atoms with Gasteiger partial charge >= 0.3 is 23.9 Å². The molecule has 1 fully saturated rings. The molecule has 0 radical (unpaired) electrons. The van der Waals surface area contributed by atoms with Crippen molar-refractivity contribution in [2.75, 3.05) is 7.11 Å². The van der Waals surface area contributed by atoms with Crippen LogP contribution < -0.4 is 0 Å². The van der Waals surface area contributed by atoms with Gasteiger partial charge in [-0.2, -0.15) is 0 Å². The molecule has 10 nitrogen and oxygen atoms in total. The molecule has 1 heterocycles. The van der Waals surface area contributed by atoms with Gasteiger partial charge in [0.2, 0.25) is 3.79 Å². The summed E-state index contributed by atoms with van der Waals surface area (Å²) in [5.41, 5.74) is -0.129. The summed E-state index contributed by atoms with van der Waals surface area (Å²) in [6.07, 6.45) is -8.52. The Bertz CT molecular complexity index is 1480. The van der Waals surface area contributed by atoms with Crippen molar-refractivity contribution in [3.8, 4) is 0 Å². The van der Waals surface area contributed by atoms with Gasteiger partial charge in [0.1, 0.15) is 6.10 Å². The van der Waals surface area contributed by atoms with Gasteiger partial charge in [0.25, 0.3) is 0 Å². The Morgan fingerprint density at radius 3 is 1.45 bits per heavy atom. The molecular formula is C31H26Cl3NO9. The van der Waals surface area contributed by atoms with Crippen molar-refractivity contribution < 1.29 is 42.9 Å². The van der Waals surface area contributed by atoms with E-state index in [2.05, 4.69) is 0 Å². The normalized spacial score (nSPS) is 21.4. The highest BCUT2D eigenvalue weighted by atomic mass is 35.6. The lowest BCUT2D eigenvalue weighted by Crippen LogP contribution is -2.64. The van der Waals surface area contributed by atoms with E-state index in [0.717, 1.165) is 7.11 Å². The summed E-state index contributed by atoms with van der Waals surface area (Å²) in [6, 6.07) is 23.5. The summed E-state index contributed by atoms with van der Waals surface area (Å²) in [6.45, 7) is 0. The maximum absolute atomic E-state index is 13.4. The first-order chi connectivity index (χ1) is 21.0. The molecular weight excluding hydrogens is 637 g/mol. The van der Waals surface area contributed by atoms with Crippen LogP contribution in [0.3, 0.4) is 0 Å². The van der Waals surface area contributed by atoms with Crippen LogP contribution in [0.5, 0.6) is 0 Å². The van der Waals surface area contributed by atoms with Crippen LogP contribution >= 0.6 is 34.8 Å². The van der Waals surface area contributed by atoms with E-state index in [1.807, 2.05) is 0 Å². The molecule has 0 saturated carbocycles. The monoisotopic (exact) mass is 661 g/mol. The molecule has 5 atom stereocenters. The van der Waals surface area contributed by atoms with E-state index in [1.54, 1.807) is 54.6 Å². The molecule has 3 unspecified atom stereocenters. The molecule has 0 spiro atoms. The Labute approximate surface area is 267 Å². The number of alkyl halides is 3. The molecule has 4 rings (SSSR count). The van der Waals surface area contributed by atoms with Gasteiger partial charge in [-0.05, 0) is 36.4 Å². The third-order valence-corrected chi connectivity index (χ3v) is 7.26. The van der Waals surface area contributed by atoms with Crippen LogP contribution in [0.15, 0.2) is 91.0 Å². The molecule has 1 N–H and O–H groups in total. The zero-order valence-corrected chi connectivity index (χ0v) is 25.3. The molecule has 0 bridgehead atoms. The Balaban J connectivity index is 1.81. The van der Waals surface area contributed by atoms with Crippen molar-refractivity contribution in [3.63, 3.8) is 0 Å². The minimum absolute atomic E-state index is 0.112. The van der Waals surface area contributed by atoms with Crippen LogP contribution in [0.25, 0.3) is 0 Å². The molecule has 0 aliphatic carbocycles. The highest BCUT2D eigenvalue weighted by molar-refractivity contribution is 6.76. The highest BCUT2D eigenvalue weighted by Crippen LogP contribution is 2.36. The fourth-order valence-corrected chi connectivity index (χ4v) is 4.64. The van der Waals surface area contributed by atoms with Crippen molar-refractivity contribution in [3.05, 3.63) is 108 Å². The van der Waals surface area contributed by atoms with E-state index in [1.165, 1.54) is 36.4 Å². The first kappa shape index (κ1) is 32.9. The average molecular weight is 663 g/mol. The van der Waals surface area contributed by atoms with Crippen LogP contribution in [0.1, 0.15) is 37.5 Å². The average Bonchev–Trinajstić information content (AvgIpc) is 3.03. The molecule has 0 aromatic heterocycles.